The molecule has 1 saturated heterocycles. The van der Waals surface area contributed by atoms with Crippen molar-refractivity contribution in [3.8, 4) is 0 Å². The van der Waals surface area contributed by atoms with Gasteiger partial charge in [0.15, 0.2) is 0 Å². The first kappa shape index (κ1) is 20.2. The minimum atomic E-state index is 0.0286. The smallest absolute Gasteiger partial charge is 0.272 e. The van der Waals surface area contributed by atoms with Crippen LogP contribution in [0.2, 0.25) is 0 Å². The molecule has 0 bridgehead atoms. The summed E-state index contributed by atoms with van der Waals surface area (Å²) in [7, 11) is 0. The molecule has 1 aliphatic heterocycles. The maximum atomic E-state index is 13.0. The van der Waals surface area contributed by atoms with Crippen molar-refractivity contribution in [1.29, 1.82) is 0 Å². The Morgan fingerprint density at radius 1 is 1.10 bits per heavy atom. The van der Waals surface area contributed by atoms with Crippen molar-refractivity contribution in [2.24, 2.45) is 5.92 Å². The van der Waals surface area contributed by atoms with Crippen molar-refractivity contribution in [3.63, 3.8) is 0 Å². The highest BCUT2D eigenvalue weighted by atomic mass is 16.2. The van der Waals surface area contributed by atoms with Crippen LogP contribution in [0, 0.1) is 12.8 Å². The van der Waals surface area contributed by atoms with Gasteiger partial charge >= 0.3 is 0 Å². The summed E-state index contributed by atoms with van der Waals surface area (Å²) in [5.74, 6) is 1.19. The Labute approximate surface area is 184 Å². The summed E-state index contributed by atoms with van der Waals surface area (Å²) < 4.78 is 0. The summed E-state index contributed by atoms with van der Waals surface area (Å²) in [6.07, 6.45) is 5.98. The van der Waals surface area contributed by atoms with E-state index in [1.54, 1.807) is 6.07 Å². The van der Waals surface area contributed by atoms with E-state index in [0.29, 0.717) is 18.0 Å². The molecule has 1 saturated carbocycles. The maximum Gasteiger partial charge on any atom is 0.272 e. The van der Waals surface area contributed by atoms with E-state index in [4.69, 9.17) is 0 Å². The van der Waals surface area contributed by atoms with E-state index in [1.807, 2.05) is 24.0 Å². The van der Waals surface area contributed by atoms with Crippen LogP contribution in [0.5, 0.6) is 0 Å². The van der Waals surface area contributed by atoms with Crippen LogP contribution >= 0.6 is 0 Å². The molecule has 3 aliphatic rings. The van der Waals surface area contributed by atoms with Gasteiger partial charge in [0, 0.05) is 31.7 Å². The Morgan fingerprint density at radius 2 is 1.87 bits per heavy atom. The molecule has 1 unspecified atom stereocenters. The summed E-state index contributed by atoms with van der Waals surface area (Å²) in [6.45, 7) is 4.23. The summed E-state index contributed by atoms with van der Waals surface area (Å²) in [4.78, 5) is 31.9. The van der Waals surface area contributed by atoms with Gasteiger partial charge in [-0.1, -0.05) is 30.3 Å². The summed E-state index contributed by atoms with van der Waals surface area (Å²) in [5, 5.41) is 3.14. The topological polar surface area (TPSA) is 62.3 Å². The SMILES string of the molecule is Cc1cccc(C(=O)N2CCC3(CC2)CC(CC(=O)NCC2CC2)c2ccccc23)n1. The first-order valence-electron chi connectivity index (χ1n) is 11.6. The molecule has 5 nitrogen and oxygen atoms in total. The van der Waals surface area contributed by atoms with Gasteiger partial charge in [-0.3, -0.25) is 9.59 Å². The lowest BCUT2D eigenvalue weighted by Crippen LogP contribution is -2.44. The van der Waals surface area contributed by atoms with Crippen molar-refractivity contribution in [3.05, 3.63) is 65.0 Å². The van der Waals surface area contributed by atoms with Crippen LogP contribution in [-0.2, 0) is 10.2 Å². The lowest BCUT2D eigenvalue weighted by Gasteiger charge is -2.40. The van der Waals surface area contributed by atoms with E-state index < -0.39 is 0 Å². The van der Waals surface area contributed by atoms with Gasteiger partial charge < -0.3 is 10.2 Å². The van der Waals surface area contributed by atoms with Gasteiger partial charge in [0.05, 0.1) is 0 Å². The number of aromatic nitrogens is 1. The van der Waals surface area contributed by atoms with Crippen LogP contribution in [0.3, 0.4) is 0 Å². The predicted octanol–water partition coefficient (Wildman–Crippen LogP) is 3.97. The fourth-order valence-corrected chi connectivity index (χ4v) is 5.52. The molecule has 2 amide bonds. The highest BCUT2D eigenvalue weighted by Crippen LogP contribution is 2.52. The number of aryl methyl sites for hydroxylation is 1. The minimum absolute atomic E-state index is 0.0286. The second kappa shape index (κ2) is 8.10. The number of benzene rings is 1. The van der Waals surface area contributed by atoms with Crippen molar-refractivity contribution < 1.29 is 9.59 Å². The third kappa shape index (κ3) is 4.10. The van der Waals surface area contributed by atoms with Crippen LogP contribution in [0.25, 0.3) is 0 Å². The number of carbonyl (C=O) groups excluding carboxylic acids is 2. The lowest BCUT2D eigenvalue weighted by molar-refractivity contribution is -0.121. The van der Waals surface area contributed by atoms with Crippen LogP contribution in [-0.4, -0.2) is 41.3 Å². The van der Waals surface area contributed by atoms with Crippen LogP contribution in [0.15, 0.2) is 42.5 Å². The number of fused-ring (bicyclic) bond motifs is 2. The van der Waals surface area contributed by atoms with E-state index in [0.717, 1.165) is 44.6 Å². The van der Waals surface area contributed by atoms with Gasteiger partial charge in [-0.15, -0.1) is 0 Å². The number of nitrogens with one attached hydrogen (secondary N) is 1. The molecular weight excluding hydrogens is 386 g/mol. The van der Waals surface area contributed by atoms with E-state index in [2.05, 4.69) is 34.6 Å². The second-order valence-electron chi connectivity index (χ2n) is 9.68. The van der Waals surface area contributed by atoms with E-state index >= 15 is 0 Å². The van der Waals surface area contributed by atoms with E-state index in [1.165, 1.54) is 24.0 Å². The minimum Gasteiger partial charge on any atom is -0.356 e. The number of pyridine rings is 1. The van der Waals surface area contributed by atoms with Gasteiger partial charge in [-0.2, -0.15) is 0 Å². The molecule has 1 aromatic carbocycles. The van der Waals surface area contributed by atoms with Gasteiger partial charge in [0.2, 0.25) is 5.91 Å². The van der Waals surface area contributed by atoms with Gasteiger partial charge in [0.1, 0.15) is 5.69 Å². The Hall–Kier alpha value is -2.69. The van der Waals surface area contributed by atoms with Gasteiger partial charge in [-0.05, 0) is 79.5 Å². The number of carbonyl (C=O) groups is 2. The van der Waals surface area contributed by atoms with Crippen LogP contribution in [0.4, 0.5) is 0 Å². The molecule has 1 spiro atoms. The number of hydrogen-bond acceptors (Lipinski definition) is 3. The molecule has 5 heteroatoms. The fraction of sp³-hybridized carbons (Fsp3) is 0.500. The zero-order valence-corrected chi connectivity index (χ0v) is 18.3. The first-order valence-corrected chi connectivity index (χ1v) is 11.6. The summed E-state index contributed by atoms with van der Waals surface area (Å²) >= 11 is 0. The number of nitrogens with zero attached hydrogens (tertiary/aromatic N) is 2. The number of rotatable bonds is 5. The molecule has 1 atom stereocenters. The Kier molecular flexibility index (Phi) is 5.28. The summed E-state index contributed by atoms with van der Waals surface area (Å²) in [5.41, 5.74) is 4.22. The molecule has 162 valence electrons. The molecule has 31 heavy (non-hydrogen) atoms. The average Bonchev–Trinajstić information content (AvgIpc) is 3.57. The molecule has 1 aromatic heterocycles. The number of likely N-dealkylation sites (tertiary alicyclic amines) is 1. The molecule has 5 rings (SSSR count). The molecule has 2 aliphatic carbocycles. The van der Waals surface area contributed by atoms with Gasteiger partial charge in [0.25, 0.3) is 5.91 Å². The number of amides is 2. The zero-order chi connectivity index (χ0) is 21.4. The fourth-order valence-electron chi connectivity index (χ4n) is 5.52. The lowest BCUT2D eigenvalue weighted by atomic mass is 9.73. The highest BCUT2D eigenvalue weighted by molar-refractivity contribution is 5.92. The van der Waals surface area contributed by atoms with E-state index in [9.17, 15) is 9.59 Å². The zero-order valence-electron chi connectivity index (χ0n) is 18.3. The van der Waals surface area contributed by atoms with Crippen molar-refractivity contribution in [1.82, 2.24) is 15.2 Å². The van der Waals surface area contributed by atoms with Crippen LogP contribution < -0.4 is 5.32 Å². The van der Waals surface area contributed by atoms with Crippen molar-refractivity contribution >= 4 is 11.8 Å². The Balaban J connectivity index is 1.28. The molecule has 2 heterocycles. The normalized spacial score (nSPS) is 21.7. The van der Waals surface area contributed by atoms with E-state index in [-0.39, 0.29) is 23.1 Å². The monoisotopic (exact) mass is 417 g/mol. The second-order valence-corrected chi connectivity index (χ2v) is 9.68. The van der Waals surface area contributed by atoms with Crippen LogP contribution in [0.1, 0.15) is 71.8 Å². The molecular formula is C26H31N3O2. The molecule has 0 radical (unpaired) electrons. The van der Waals surface area contributed by atoms with Gasteiger partial charge in [-0.25, -0.2) is 4.98 Å². The van der Waals surface area contributed by atoms with Crippen molar-refractivity contribution in [2.45, 2.75) is 56.8 Å². The third-order valence-electron chi connectivity index (χ3n) is 7.44. The molecule has 1 N–H and O–H groups in total. The quantitative estimate of drug-likeness (QED) is 0.801. The number of piperidine rings is 1. The Bertz CT molecular complexity index is 990. The highest BCUT2D eigenvalue weighted by Gasteiger charge is 2.46. The molecule has 2 aromatic rings. The molecule has 2 fully saturated rings. The first-order chi connectivity index (χ1) is 15.0. The number of hydrogen-bond donors (Lipinski definition) is 1. The average molecular weight is 418 g/mol. The predicted molar refractivity (Wildman–Crippen MR) is 120 cm³/mol. The van der Waals surface area contributed by atoms with Crippen molar-refractivity contribution in [2.75, 3.05) is 19.6 Å². The third-order valence-corrected chi connectivity index (χ3v) is 7.44. The Morgan fingerprint density at radius 3 is 2.61 bits per heavy atom. The maximum absolute atomic E-state index is 13.0. The largest absolute Gasteiger partial charge is 0.356 e. The summed E-state index contributed by atoms with van der Waals surface area (Å²) in [6, 6.07) is 14.3. The standard InChI is InChI=1S/C26H31N3O2/c1-18-5-4-8-23(28-18)25(31)29-13-11-26(12-14-29)16-20(21-6-2-3-7-22(21)26)15-24(30)27-17-19-9-10-19/h2-8,19-20H,9-17H2,1H3,(H,27,30).